The van der Waals surface area contributed by atoms with Gasteiger partial charge in [0.15, 0.2) is 0 Å². The summed E-state index contributed by atoms with van der Waals surface area (Å²) in [4.78, 5) is 0. The van der Waals surface area contributed by atoms with Gasteiger partial charge < -0.3 is 10.5 Å². The Kier molecular flexibility index (Phi) is 8.60. The van der Waals surface area contributed by atoms with Gasteiger partial charge in [0.05, 0.1) is 12.8 Å². The lowest BCUT2D eigenvalue weighted by Gasteiger charge is -2.31. The second-order valence-electron chi connectivity index (χ2n) is 5.88. The molecule has 0 saturated heterocycles. The molecule has 0 radical (unpaired) electrons. The molecule has 1 aliphatic rings. The van der Waals surface area contributed by atoms with Gasteiger partial charge in [-0.3, -0.25) is 4.39 Å². The Labute approximate surface area is 111 Å². The summed E-state index contributed by atoms with van der Waals surface area (Å²) in [7, 11) is 0. The number of ether oxygens (including phenoxy) is 1. The molecule has 0 spiro atoms. The van der Waals surface area contributed by atoms with Crippen LogP contribution >= 0.6 is 0 Å². The summed E-state index contributed by atoms with van der Waals surface area (Å²) in [5.74, 6) is 0.708. The van der Waals surface area contributed by atoms with E-state index in [0.717, 1.165) is 45.1 Å². The first-order chi connectivity index (χ1) is 8.72. The third kappa shape index (κ3) is 7.32. The van der Waals surface area contributed by atoms with E-state index in [1.807, 2.05) is 0 Å². The second-order valence-corrected chi connectivity index (χ2v) is 5.88. The number of hydrogen-bond donors (Lipinski definition) is 1. The lowest BCUT2D eigenvalue weighted by Crippen LogP contribution is -2.36. The van der Waals surface area contributed by atoms with Crippen LogP contribution in [-0.4, -0.2) is 25.4 Å². The summed E-state index contributed by atoms with van der Waals surface area (Å²) < 4.78 is 17.8. The van der Waals surface area contributed by atoms with Crippen molar-refractivity contribution in [3.05, 3.63) is 0 Å². The number of nitrogens with two attached hydrogens (primary N) is 1. The smallest absolute Gasteiger partial charge is 0.0894 e. The third-order valence-corrected chi connectivity index (χ3v) is 3.82. The zero-order chi connectivity index (χ0) is 13.2. The highest BCUT2D eigenvalue weighted by atomic mass is 19.1. The molecule has 3 atom stereocenters. The molecule has 1 fully saturated rings. The molecule has 2 unspecified atom stereocenters. The maximum atomic E-state index is 11.9. The molecule has 1 aliphatic carbocycles. The van der Waals surface area contributed by atoms with E-state index in [0.29, 0.717) is 18.1 Å². The van der Waals surface area contributed by atoms with Crippen LogP contribution < -0.4 is 5.73 Å². The van der Waals surface area contributed by atoms with Crippen molar-refractivity contribution in [1.82, 2.24) is 0 Å². The predicted molar refractivity (Wildman–Crippen MR) is 74.4 cm³/mol. The van der Waals surface area contributed by atoms with Gasteiger partial charge in [-0.1, -0.05) is 32.6 Å². The van der Waals surface area contributed by atoms with Crippen LogP contribution in [0.25, 0.3) is 0 Å². The quantitative estimate of drug-likeness (QED) is 0.639. The fraction of sp³-hybridized carbons (Fsp3) is 1.00. The molecule has 0 bridgehead atoms. The molecule has 0 amide bonds. The molecule has 1 saturated carbocycles. The molecule has 0 aromatic carbocycles. The Bertz CT molecular complexity index is 191. The van der Waals surface area contributed by atoms with Crippen molar-refractivity contribution < 1.29 is 9.13 Å². The summed E-state index contributed by atoms with van der Waals surface area (Å²) in [6, 6.07) is 0.333. The SMILES string of the molecule is CC1CC(OCCCCCCCCF)C[C@H](N)C1. The maximum absolute atomic E-state index is 11.9. The Morgan fingerprint density at radius 3 is 2.33 bits per heavy atom. The first-order valence-electron chi connectivity index (χ1n) is 7.65. The first-order valence-corrected chi connectivity index (χ1v) is 7.65. The monoisotopic (exact) mass is 259 g/mol. The van der Waals surface area contributed by atoms with Gasteiger partial charge in [-0.05, 0) is 38.0 Å². The number of rotatable bonds is 9. The van der Waals surface area contributed by atoms with E-state index in [4.69, 9.17) is 10.5 Å². The highest BCUT2D eigenvalue weighted by Crippen LogP contribution is 2.25. The molecule has 18 heavy (non-hydrogen) atoms. The normalized spacial score (nSPS) is 28.5. The molecule has 1 rings (SSSR count). The summed E-state index contributed by atoms with van der Waals surface area (Å²) >= 11 is 0. The van der Waals surface area contributed by atoms with Crippen LogP contribution in [0.15, 0.2) is 0 Å². The molecule has 0 heterocycles. The number of unbranched alkanes of at least 4 members (excludes halogenated alkanes) is 5. The molecule has 2 N–H and O–H groups in total. The summed E-state index contributed by atoms with van der Waals surface area (Å²) in [5.41, 5.74) is 6.00. The van der Waals surface area contributed by atoms with Crippen LogP contribution in [-0.2, 0) is 4.74 Å². The minimum absolute atomic E-state index is 0.163. The predicted octanol–water partition coefficient (Wildman–Crippen LogP) is 3.83. The third-order valence-electron chi connectivity index (χ3n) is 3.82. The molecule has 0 aliphatic heterocycles. The van der Waals surface area contributed by atoms with E-state index < -0.39 is 0 Å². The van der Waals surface area contributed by atoms with E-state index in [-0.39, 0.29) is 6.67 Å². The van der Waals surface area contributed by atoms with Crippen LogP contribution in [0.1, 0.15) is 64.7 Å². The average molecular weight is 259 g/mol. The fourth-order valence-electron chi connectivity index (χ4n) is 2.88. The van der Waals surface area contributed by atoms with Gasteiger partial charge in [-0.2, -0.15) is 0 Å². The molecule has 108 valence electrons. The maximum Gasteiger partial charge on any atom is 0.0894 e. The van der Waals surface area contributed by atoms with E-state index in [2.05, 4.69) is 6.92 Å². The van der Waals surface area contributed by atoms with Crippen LogP contribution in [0.4, 0.5) is 4.39 Å². The molecular formula is C15H30FNO. The topological polar surface area (TPSA) is 35.2 Å². The van der Waals surface area contributed by atoms with Gasteiger partial charge in [0.25, 0.3) is 0 Å². The van der Waals surface area contributed by atoms with E-state index >= 15 is 0 Å². The number of alkyl halides is 1. The summed E-state index contributed by atoms with van der Waals surface area (Å²) in [5, 5.41) is 0. The highest BCUT2D eigenvalue weighted by molar-refractivity contribution is 4.79. The van der Waals surface area contributed by atoms with Crippen LogP contribution in [0.2, 0.25) is 0 Å². The second kappa shape index (κ2) is 9.74. The van der Waals surface area contributed by atoms with Crippen molar-refractivity contribution in [2.24, 2.45) is 11.7 Å². The van der Waals surface area contributed by atoms with Gasteiger partial charge in [0.1, 0.15) is 0 Å². The van der Waals surface area contributed by atoms with Crippen molar-refractivity contribution in [3.63, 3.8) is 0 Å². The Balaban J connectivity index is 1.91. The standard InChI is InChI=1S/C15H30FNO/c1-13-10-14(17)12-15(11-13)18-9-7-5-3-2-4-6-8-16/h13-15H,2-12,17H2,1H3/t13?,14-,15?/m1/s1. The Morgan fingerprint density at radius 2 is 1.67 bits per heavy atom. The molecular weight excluding hydrogens is 229 g/mol. The van der Waals surface area contributed by atoms with Crippen molar-refractivity contribution in [1.29, 1.82) is 0 Å². The van der Waals surface area contributed by atoms with Crippen molar-refractivity contribution in [2.45, 2.75) is 76.9 Å². The number of halogens is 1. The fourth-order valence-corrected chi connectivity index (χ4v) is 2.88. The Hall–Kier alpha value is -0.150. The lowest BCUT2D eigenvalue weighted by atomic mass is 9.85. The Morgan fingerprint density at radius 1 is 1.00 bits per heavy atom. The van der Waals surface area contributed by atoms with Crippen molar-refractivity contribution in [2.75, 3.05) is 13.3 Å². The molecule has 2 nitrogen and oxygen atoms in total. The first kappa shape index (κ1) is 15.9. The van der Waals surface area contributed by atoms with Gasteiger partial charge in [0.2, 0.25) is 0 Å². The average Bonchev–Trinajstić information content (AvgIpc) is 2.31. The van der Waals surface area contributed by atoms with Crippen molar-refractivity contribution >= 4 is 0 Å². The van der Waals surface area contributed by atoms with Gasteiger partial charge >= 0.3 is 0 Å². The van der Waals surface area contributed by atoms with Gasteiger partial charge in [-0.25, -0.2) is 0 Å². The van der Waals surface area contributed by atoms with Gasteiger partial charge in [-0.15, -0.1) is 0 Å². The zero-order valence-electron chi connectivity index (χ0n) is 11.9. The molecule has 0 aromatic heterocycles. The van der Waals surface area contributed by atoms with E-state index in [9.17, 15) is 4.39 Å². The number of hydrogen-bond acceptors (Lipinski definition) is 2. The minimum Gasteiger partial charge on any atom is -0.378 e. The minimum atomic E-state index is -0.163. The summed E-state index contributed by atoms with van der Waals surface area (Å²) in [6.45, 7) is 2.97. The van der Waals surface area contributed by atoms with Crippen molar-refractivity contribution in [3.8, 4) is 0 Å². The van der Waals surface area contributed by atoms with Crippen LogP contribution in [0.5, 0.6) is 0 Å². The van der Waals surface area contributed by atoms with Crippen LogP contribution in [0.3, 0.4) is 0 Å². The molecule has 0 aromatic rings. The largest absolute Gasteiger partial charge is 0.378 e. The molecule has 3 heteroatoms. The zero-order valence-corrected chi connectivity index (χ0v) is 11.9. The highest BCUT2D eigenvalue weighted by Gasteiger charge is 2.24. The van der Waals surface area contributed by atoms with E-state index in [1.165, 1.54) is 19.3 Å². The van der Waals surface area contributed by atoms with Crippen LogP contribution in [0, 0.1) is 5.92 Å². The van der Waals surface area contributed by atoms with E-state index in [1.54, 1.807) is 0 Å². The summed E-state index contributed by atoms with van der Waals surface area (Å²) in [6.07, 6.45) is 10.2. The lowest BCUT2D eigenvalue weighted by molar-refractivity contribution is 0.00827. The van der Waals surface area contributed by atoms with Gasteiger partial charge in [0, 0.05) is 12.6 Å².